The minimum absolute atomic E-state index is 0.232. The van der Waals surface area contributed by atoms with E-state index in [1.165, 1.54) is 0 Å². The highest BCUT2D eigenvalue weighted by atomic mass is 32.2. The largest absolute Gasteiger partial charge is 0.494 e. The van der Waals surface area contributed by atoms with E-state index in [9.17, 15) is 8.42 Å². The van der Waals surface area contributed by atoms with Crippen LogP contribution in [0.4, 0.5) is 0 Å². The van der Waals surface area contributed by atoms with Gasteiger partial charge in [-0.15, -0.1) is 0 Å². The highest BCUT2D eigenvalue weighted by Crippen LogP contribution is 2.22. The summed E-state index contributed by atoms with van der Waals surface area (Å²) in [5.74, 6) is 0.366. The van der Waals surface area contributed by atoms with Crippen molar-refractivity contribution in [2.24, 2.45) is 0 Å². The Morgan fingerprint density at radius 3 is 2.54 bits per heavy atom. The van der Waals surface area contributed by atoms with Crippen LogP contribution in [0.2, 0.25) is 0 Å². The van der Waals surface area contributed by atoms with Crippen LogP contribution in [0, 0.1) is 13.8 Å². The van der Waals surface area contributed by atoms with Gasteiger partial charge in [-0.2, -0.15) is 13.5 Å². The van der Waals surface area contributed by atoms with Gasteiger partial charge in [-0.05, 0) is 50.5 Å². The molecule has 0 atom stereocenters. The predicted octanol–water partition coefficient (Wildman–Crippen LogP) is 3.16. The molecule has 2 aromatic heterocycles. The Labute approximate surface area is 165 Å². The molecule has 0 unspecified atom stereocenters. The van der Waals surface area contributed by atoms with E-state index < -0.39 is 10.1 Å². The molecular weight excluding hydrogens is 378 g/mol. The zero-order valence-electron chi connectivity index (χ0n) is 16.3. The van der Waals surface area contributed by atoms with Gasteiger partial charge in [0.05, 0.1) is 18.1 Å². The summed E-state index contributed by atoms with van der Waals surface area (Å²) in [5.41, 5.74) is 6.25. The number of ether oxygens (including phenoxy) is 1. The maximum Gasteiger partial charge on any atom is 0.264 e. The summed E-state index contributed by atoms with van der Waals surface area (Å²) in [5, 5.41) is 4.72. The number of aromatic nitrogens is 3. The molecule has 0 radical (unpaired) electrons. The van der Waals surface area contributed by atoms with Gasteiger partial charge in [-0.25, -0.2) is 9.50 Å². The third-order valence-electron chi connectivity index (χ3n) is 4.53. The van der Waals surface area contributed by atoms with Crippen LogP contribution in [0.5, 0.6) is 5.75 Å². The highest BCUT2D eigenvalue weighted by Gasteiger charge is 2.15. The van der Waals surface area contributed by atoms with Gasteiger partial charge < -0.3 is 4.74 Å². The molecule has 1 N–H and O–H groups in total. The molecule has 0 spiro atoms. The SMILES string of the molecule is CCc1nn2c(C)cc(C)nc2c1Cc1ccc(OCCCS(=O)(=O)O)cc1. The van der Waals surface area contributed by atoms with Gasteiger partial charge in [0.1, 0.15) is 5.75 Å². The zero-order valence-corrected chi connectivity index (χ0v) is 17.2. The summed E-state index contributed by atoms with van der Waals surface area (Å²) in [6, 6.07) is 9.73. The Kier molecular flexibility index (Phi) is 6.00. The van der Waals surface area contributed by atoms with Crippen LogP contribution in [0.3, 0.4) is 0 Å². The van der Waals surface area contributed by atoms with Crippen molar-refractivity contribution in [2.75, 3.05) is 12.4 Å². The van der Waals surface area contributed by atoms with Crippen molar-refractivity contribution in [2.45, 2.75) is 40.0 Å². The molecule has 3 rings (SSSR count). The van der Waals surface area contributed by atoms with Crippen molar-refractivity contribution >= 4 is 15.8 Å². The van der Waals surface area contributed by atoms with Gasteiger partial charge in [0.25, 0.3) is 10.1 Å². The van der Waals surface area contributed by atoms with Crippen LogP contribution in [0.15, 0.2) is 30.3 Å². The molecule has 28 heavy (non-hydrogen) atoms. The molecule has 8 heteroatoms. The number of hydrogen-bond donors (Lipinski definition) is 1. The first-order chi connectivity index (χ1) is 13.3. The first kappa shape index (κ1) is 20.3. The fraction of sp³-hybridized carbons (Fsp3) is 0.400. The lowest BCUT2D eigenvalue weighted by Gasteiger charge is -2.07. The molecule has 0 saturated carbocycles. The number of nitrogens with zero attached hydrogens (tertiary/aromatic N) is 3. The number of rotatable bonds is 8. The number of aryl methyl sites for hydroxylation is 3. The molecule has 3 aromatic rings. The normalized spacial score (nSPS) is 11.9. The minimum atomic E-state index is -3.94. The zero-order chi connectivity index (χ0) is 20.3. The van der Waals surface area contributed by atoms with E-state index in [2.05, 4.69) is 6.92 Å². The summed E-state index contributed by atoms with van der Waals surface area (Å²) < 4.78 is 37.6. The predicted molar refractivity (Wildman–Crippen MR) is 108 cm³/mol. The molecule has 1 aromatic carbocycles. The second kappa shape index (κ2) is 8.28. The van der Waals surface area contributed by atoms with Gasteiger partial charge in [-0.1, -0.05) is 19.1 Å². The van der Waals surface area contributed by atoms with Crippen molar-refractivity contribution in [3.63, 3.8) is 0 Å². The molecule has 0 fully saturated rings. The third kappa shape index (κ3) is 4.88. The van der Waals surface area contributed by atoms with E-state index in [0.717, 1.165) is 46.7 Å². The fourth-order valence-corrected chi connectivity index (χ4v) is 3.70. The van der Waals surface area contributed by atoms with Crippen LogP contribution < -0.4 is 4.74 Å². The topological polar surface area (TPSA) is 93.8 Å². The van der Waals surface area contributed by atoms with E-state index in [1.807, 2.05) is 48.7 Å². The Balaban J connectivity index is 1.74. The van der Waals surface area contributed by atoms with E-state index in [4.69, 9.17) is 19.4 Å². The number of benzene rings is 1. The Bertz CT molecular complexity index is 1070. The number of hydrogen-bond acceptors (Lipinski definition) is 5. The third-order valence-corrected chi connectivity index (χ3v) is 5.33. The van der Waals surface area contributed by atoms with Crippen LogP contribution in [-0.4, -0.2) is 39.9 Å². The van der Waals surface area contributed by atoms with Gasteiger partial charge in [0.15, 0.2) is 5.65 Å². The second-order valence-corrected chi connectivity index (χ2v) is 8.43. The lowest BCUT2D eigenvalue weighted by atomic mass is 10.0. The van der Waals surface area contributed by atoms with Crippen molar-refractivity contribution in [3.8, 4) is 5.75 Å². The van der Waals surface area contributed by atoms with Gasteiger partial charge >= 0.3 is 0 Å². The molecule has 150 valence electrons. The summed E-state index contributed by atoms with van der Waals surface area (Å²) >= 11 is 0. The van der Waals surface area contributed by atoms with Gasteiger partial charge in [0.2, 0.25) is 0 Å². The quantitative estimate of drug-likeness (QED) is 0.459. The van der Waals surface area contributed by atoms with Crippen molar-refractivity contribution in [1.82, 2.24) is 14.6 Å². The van der Waals surface area contributed by atoms with E-state index in [0.29, 0.717) is 5.75 Å². The van der Waals surface area contributed by atoms with Gasteiger partial charge in [-0.3, -0.25) is 4.55 Å². The summed E-state index contributed by atoms with van der Waals surface area (Å²) in [6.45, 7) is 6.35. The maximum atomic E-state index is 10.7. The first-order valence-electron chi connectivity index (χ1n) is 9.28. The fourth-order valence-electron chi connectivity index (χ4n) is 3.21. The Morgan fingerprint density at radius 1 is 1.18 bits per heavy atom. The molecule has 0 saturated heterocycles. The molecule has 2 heterocycles. The van der Waals surface area contributed by atoms with E-state index in [1.54, 1.807) is 0 Å². The van der Waals surface area contributed by atoms with E-state index >= 15 is 0 Å². The first-order valence-corrected chi connectivity index (χ1v) is 10.9. The lowest BCUT2D eigenvalue weighted by Crippen LogP contribution is -2.08. The van der Waals surface area contributed by atoms with Crippen LogP contribution >= 0.6 is 0 Å². The standard InChI is InChI=1S/C20H25N3O4S/c1-4-19-18(20-21-14(2)12-15(3)23(20)22-19)13-16-6-8-17(9-7-16)27-10-5-11-28(24,25)26/h6-9,12H,4-5,10-11,13H2,1-3H3,(H,24,25,26). The average molecular weight is 404 g/mol. The minimum Gasteiger partial charge on any atom is -0.494 e. The van der Waals surface area contributed by atoms with Crippen molar-refractivity contribution < 1.29 is 17.7 Å². The molecular formula is C20H25N3O4S. The van der Waals surface area contributed by atoms with Crippen molar-refractivity contribution in [1.29, 1.82) is 0 Å². The summed E-state index contributed by atoms with van der Waals surface area (Å²) in [4.78, 5) is 4.69. The number of fused-ring (bicyclic) bond motifs is 1. The second-order valence-electron chi connectivity index (χ2n) is 6.86. The molecule has 0 bridgehead atoms. The van der Waals surface area contributed by atoms with Crippen LogP contribution in [0.1, 0.15) is 41.6 Å². The molecule has 0 amide bonds. The Morgan fingerprint density at radius 2 is 1.89 bits per heavy atom. The molecule has 0 aliphatic carbocycles. The summed E-state index contributed by atoms with van der Waals surface area (Å²) in [6.07, 6.45) is 1.81. The molecule has 0 aliphatic heterocycles. The highest BCUT2D eigenvalue weighted by molar-refractivity contribution is 7.85. The van der Waals surface area contributed by atoms with Crippen molar-refractivity contribution in [3.05, 3.63) is 58.5 Å². The average Bonchev–Trinajstić information content (AvgIpc) is 2.97. The monoisotopic (exact) mass is 403 g/mol. The molecule has 0 aliphatic rings. The lowest BCUT2D eigenvalue weighted by molar-refractivity contribution is 0.316. The Hall–Kier alpha value is -2.45. The summed E-state index contributed by atoms with van der Waals surface area (Å²) in [7, 11) is -3.94. The smallest absolute Gasteiger partial charge is 0.264 e. The van der Waals surface area contributed by atoms with Crippen LogP contribution in [-0.2, 0) is 23.0 Å². The van der Waals surface area contributed by atoms with Gasteiger partial charge in [0, 0.05) is 23.4 Å². The van der Waals surface area contributed by atoms with Crippen LogP contribution in [0.25, 0.3) is 5.65 Å². The maximum absolute atomic E-state index is 10.7. The molecule has 7 nitrogen and oxygen atoms in total. The van der Waals surface area contributed by atoms with E-state index in [-0.39, 0.29) is 18.8 Å².